The van der Waals surface area contributed by atoms with Crippen molar-refractivity contribution in [2.75, 3.05) is 0 Å². The molecule has 0 atom stereocenters. The molecule has 0 saturated heterocycles. The van der Waals surface area contributed by atoms with Crippen LogP contribution in [0.5, 0.6) is 0 Å². The van der Waals surface area contributed by atoms with Crippen molar-refractivity contribution in [3.05, 3.63) is 157 Å². The van der Waals surface area contributed by atoms with E-state index in [1.54, 1.807) is 0 Å². The van der Waals surface area contributed by atoms with Gasteiger partial charge in [-0.1, -0.05) is 71.6 Å². The number of fused-ring (bicyclic) bond motifs is 3. The van der Waals surface area contributed by atoms with Crippen molar-refractivity contribution in [3.8, 4) is 11.1 Å². The van der Waals surface area contributed by atoms with Crippen LogP contribution in [0.25, 0.3) is 11.1 Å². The Morgan fingerprint density at radius 1 is 0.696 bits per heavy atom. The van der Waals surface area contributed by atoms with Gasteiger partial charge in [-0.2, -0.15) is 35.9 Å². The molecule has 5 aromatic rings. The molecular formula is C41H42Br2Cl2Zr-2. The van der Waals surface area contributed by atoms with E-state index in [0.717, 1.165) is 15.4 Å². The van der Waals surface area contributed by atoms with Crippen molar-refractivity contribution in [2.45, 2.75) is 72.6 Å². The van der Waals surface area contributed by atoms with Crippen LogP contribution in [-0.4, -0.2) is 3.21 Å². The molecule has 0 aliphatic heterocycles. The van der Waals surface area contributed by atoms with E-state index in [9.17, 15) is 0 Å². The van der Waals surface area contributed by atoms with Crippen molar-refractivity contribution >= 4 is 35.1 Å². The van der Waals surface area contributed by atoms with Crippen molar-refractivity contribution < 1.29 is 49.0 Å². The molecule has 0 nitrogen and oxygen atoms in total. The third kappa shape index (κ3) is 10.5. The molecule has 5 heteroatoms. The van der Waals surface area contributed by atoms with Gasteiger partial charge in [-0.25, -0.2) is 12.1 Å². The zero-order chi connectivity index (χ0) is 32.2. The van der Waals surface area contributed by atoms with Gasteiger partial charge < -0.3 is 24.8 Å². The van der Waals surface area contributed by atoms with E-state index >= 15 is 0 Å². The zero-order valence-electron chi connectivity index (χ0n) is 28.0. The van der Waals surface area contributed by atoms with E-state index in [0.29, 0.717) is 0 Å². The summed E-state index contributed by atoms with van der Waals surface area (Å²) in [7, 11) is 0. The van der Waals surface area contributed by atoms with Gasteiger partial charge in [0.05, 0.1) is 0 Å². The number of hydrogen-bond acceptors (Lipinski definition) is 0. The van der Waals surface area contributed by atoms with Crippen LogP contribution >= 0.6 is 31.9 Å². The predicted octanol–water partition coefficient (Wildman–Crippen LogP) is 6.01. The standard InChI is InChI=1S/C23H29.C13H8Br2.C5H5.2ClH.Zr/c1-14-9-16-11-17-10-15(2)21(23(6,7)8)13-19(17)18(16)12-20(14)22(3,4)5;14-12-5-1-3-10(8-12)7-11-4-2-6-13(15)9-11;1-2-4-5-3-1;;;/h9,12-13H,11H2,1-8H3;1-6,8-9H;1-5H;2*1H;/q-1;;-1;;;+2/p-2. The van der Waals surface area contributed by atoms with Crippen LogP contribution in [0, 0.1) is 19.9 Å². The van der Waals surface area contributed by atoms with E-state index in [1.165, 1.54) is 83.1 Å². The summed E-state index contributed by atoms with van der Waals surface area (Å²) >= 11 is 8.43. The van der Waals surface area contributed by atoms with E-state index in [1.807, 2.05) is 42.5 Å². The molecule has 0 amide bonds. The number of aryl methyl sites for hydroxylation is 2. The first-order chi connectivity index (χ1) is 20.6. The second-order valence-corrected chi connectivity index (χ2v) is 16.6. The summed E-state index contributed by atoms with van der Waals surface area (Å²) in [4.78, 5) is 0. The minimum Gasteiger partial charge on any atom is -1.00 e. The summed E-state index contributed by atoms with van der Waals surface area (Å²) in [6, 6.07) is 37.8. The molecule has 1 aliphatic carbocycles. The summed E-state index contributed by atoms with van der Waals surface area (Å²) in [5, 5.41) is 0. The summed E-state index contributed by atoms with van der Waals surface area (Å²) < 4.78 is 3.62. The van der Waals surface area contributed by atoms with Gasteiger partial charge in [0.15, 0.2) is 0 Å². The second kappa shape index (κ2) is 17.3. The van der Waals surface area contributed by atoms with Crippen LogP contribution in [0.15, 0.2) is 106 Å². The molecule has 0 fully saturated rings. The number of halogens is 4. The fraction of sp³-hybridized carbons (Fsp3) is 0.268. The third-order valence-electron chi connectivity index (χ3n) is 7.86. The van der Waals surface area contributed by atoms with Crippen molar-refractivity contribution in [2.24, 2.45) is 0 Å². The molecular weight excluding hydrogens is 814 g/mol. The Hall–Kier alpha value is -1.48. The summed E-state index contributed by atoms with van der Waals surface area (Å²) in [5.41, 5.74) is 14.2. The SMILES string of the molecule is Brc1cccc([C](=[Zr+2])c2cccc(Br)c2)c1.Cc1[c-]c2c(cc1C(C)(C)C)-c1cc(C(C)(C)C)c(C)cc1C2.[Cl-].[Cl-].c1cc[cH-]c1. The average molecular weight is 857 g/mol. The smallest absolute Gasteiger partial charge is 0.0129 e. The molecule has 46 heavy (non-hydrogen) atoms. The number of rotatable bonds is 2. The minimum absolute atomic E-state index is 0. The van der Waals surface area contributed by atoms with E-state index in [4.69, 9.17) is 0 Å². The van der Waals surface area contributed by atoms with Crippen molar-refractivity contribution in [3.63, 3.8) is 0 Å². The van der Waals surface area contributed by atoms with E-state index < -0.39 is 0 Å². The first-order valence-electron chi connectivity index (χ1n) is 15.1. The van der Waals surface area contributed by atoms with E-state index in [-0.39, 0.29) is 35.6 Å². The van der Waals surface area contributed by atoms with Gasteiger partial charge in [-0.3, -0.25) is 0 Å². The Morgan fingerprint density at radius 3 is 1.63 bits per heavy atom. The predicted molar refractivity (Wildman–Crippen MR) is 194 cm³/mol. The first kappa shape index (κ1) is 40.7. The second-order valence-electron chi connectivity index (χ2n) is 13.6. The van der Waals surface area contributed by atoms with Gasteiger partial charge in [0.25, 0.3) is 0 Å². The van der Waals surface area contributed by atoms with Crippen LogP contribution in [0.2, 0.25) is 0 Å². The van der Waals surface area contributed by atoms with Crippen LogP contribution in [0.3, 0.4) is 0 Å². The average Bonchev–Trinajstić information content (AvgIpc) is 3.62. The Bertz CT molecular complexity index is 1620. The minimum atomic E-state index is 0. The third-order valence-corrected chi connectivity index (χ3v) is 10.3. The molecule has 0 bridgehead atoms. The van der Waals surface area contributed by atoms with Gasteiger partial charge in [-0.05, 0) is 35.4 Å². The molecule has 6 rings (SSSR count). The summed E-state index contributed by atoms with van der Waals surface area (Å²) in [5.74, 6) is 0. The Morgan fingerprint density at radius 2 is 1.20 bits per heavy atom. The monoisotopic (exact) mass is 852 g/mol. The van der Waals surface area contributed by atoms with Gasteiger partial charge >= 0.3 is 128 Å². The molecule has 240 valence electrons. The normalized spacial score (nSPS) is 11.4. The molecule has 0 unspecified atom stereocenters. The first-order valence-corrected chi connectivity index (χ1v) is 17.9. The summed E-state index contributed by atoms with van der Waals surface area (Å²) in [6.07, 6.45) is 1.03. The Kier molecular flexibility index (Phi) is 15.3. The van der Waals surface area contributed by atoms with Crippen LogP contribution in [0.4, 0.5) is 0 Å². The van der Waals surface area contributed by atoms with Crippen LogP contribution in [-0.2, 0) is 41.5 Å². The largest absolute Gasteiger partial charge is 1.00 e. The Balaban J connectivity index is 0.000000278. The number of hydrogen-bond donors (Lipinski definition) is 0. The molecule has 0 spiro atoms. The van der Waals surface area contributed by atoms with Crippen molar-refractivity contribution in [1.82, 2.24) is 0 Å². The topological polar surface area (TPSA) is 0 Å². The Labute approximate surface area is 321 Å². The quantitative estimate of drug-likeness (QED) is 0.188. The van der Waals surface area contributed by atoms with Crippen molar-refractivity contribution in [1.29, 1.82) is 0 Å². The zero-order valence-corrected chi connectivity index (χ0v) is 35.1. The maximum absolute atomic E-state index is 3.69. The molecule has 0 N–H and O–H groups in total. The van der Waals surface area contributed by atoms with Gasteiger partial charge in [0.1, 0.15) is 0 Å². The van der Waals surface area contributed by atoms with Crippen LogP contribution in [0.1, 0.15) is 86.1 Å². The maximum Gasteiger partial charge on any atom is -0.0129 e. The molecule has 0 aromatic heterocycles. The van der Waals surface area contributed by atoms with E-state index in [2.05, 4.69) is 148 Å². The summed E-state index contributed by atoms with van der Waals surface area (Å²) in [6.45, 7) is 18.2. The molecule has 0 saturated carbocycles. The fourth-order valence-corrected chi connectivity index (χ4v) is 7.36. The number of benzene rings is 4. The fourth-order valence-electron chi connectivity index (χ4n) is 5.80. The molecule has 0 heterocycles. The van der Waals surface area contributed by atoms with Gasteiger partial charge in [-0.15, -0.1) is 16.7 Å². The molecule has 1 aliphatic rings. The maximum atomic E-state index is 3.69. The molecule has 0 radical (unpaired) electrons. The van der Waals surface area contributed by atoms with Gasteiger partial charge in [0.2, 0.25) is 0 Å². The molecule has 5 aromatic carbocycles. The van der Waals surface area contributed by atoms with Gasteiger partial charge in [0, 0.05) is 0 Å². The van der Waals surface area contributed by atoms with Crippen LogP contribution < -0.4 is 24.8 Å².